The molecule has 0 aromatic carbocycles. The number of hydrogen-bond donors (Lipinski definition) is 0. The summed E-state index contributed by atoms with van der Waals surface area (Å²) in [4.78, 5) is 16.1. The first-order valence-electron chi connectivity index (χ1n) is 6.93. The minimum absolute atomic E-state index is 0.101. The van der Waals surface area contributed by atoms with Crippen molar-refractivity contribution in [2.75, 3.05) is 0 Å². The van der Waals surface area contributed by atoms with E-state index >= 15 is 0 Å². The molecule has 1 aromatic heterocycles. The molecule has 0 N–H and O–H groups in total. The summed E-state index contributed by atoms with van der Waals surface area (Å²) in [5, 5.41) is 4.09. The molecule has 100 valence electrons. The van der Waals surface area contributed by atoms with Gasteiger partial charge in [0.05, 0.1) is 5.92 Å². The second-order valence-corrected chi connectivity index (χ2v) is 5.66. The van der Waals surface area contributed by atoms with Crippen molar-refractivity contribution in [2.45, 2.75) is 64.7 Å². The number of rotatable bonds is 4. The summed E-state index contributed by atoms with van der Waals surface area (Å²) < 4.78 is 5.32. The molecule has 0 amide bonds. The third-order valence-electron chi connectivity index (χ3n) is 3.80. The third-order valence-corrected chi connectivity index (χ3v) is 3.80. The minimum Gasteiger partial charge on any atom is -0.339 e. The first kappa shape index (κ1) is 13.2. The fraction of sp³-hybridized carbons (Fsp3) is 0.786. The largest absolute Gasteiger partial charge is 0.339 e. The van der Waals surface area contributed by atoms with Crippen molar-refractivity contribution in [1.82, 2.24) is 10.1 Å². The van der Waals surface area contributed by atoms with Crippen LogP contribution in [0.1, 0.15) is 76.4 Å². The topological polar surface area (TPSA) is 56.0 Å². The van der Waals surface area contributed by atoms with Crippen molar-refractivity contribution in [3.05, 3.63) is 11.7 Å². The zero-order valence-corrected chi connectivity index (χ0v) is 11.5. The van der Waals surface area contributed by atoms with Gasteiger partial charge in [-0.15, -0.1) is 0 Å². The van der Waals surface area contributed by atoms with E-state index in [-0.39, 0.29) is 17.6 Å². The lowest BCUT2D eigenvalue weighted by atomic mass is 9.88. The minimum atomic E-state index is -0.255. The number of ketones is 1. The first-order valence-corrected chi connectivity index (χ1v) is 6.93. The summed E-state index contributed by atoms with van der Waals surface area (Å²) >= 11 is 0. The lowest BCUT2D eigenvalue weighted by Crippen LogP contribution is -2.16. The fourth-order valence-electron chi connectivity index (χ4n) is 2.83. The molecule has 1 aromatic rings. The predicted octanol–water partition coefficient (Wildman–Crippen LogP) is 3.45. The zero-order chi connectivity index (χ0) is 13.1. The molecule has 1 saturated carbocycles. The molecule has 1 heterocycles. The van der Waals surface area contributed by atoms with E-state index in [0.29, 0.717) is 11.8 Å². The standard InChI is InChI=1S/C14H22N2O2/c1-9(2)12(10(3)17)14-15-13(16-18-14)11-7-5-4-6-8-11/h9,11-12H,4-8H2,1-3H3. The van der Waals surface area contributed by atoms with E-state index in [9.17, 15) is 4.79 Å². The van der Waals surface area contributed by atoms with Gasteiger partial charge in [0.15, 0.2) is 5.82 Å². The van der Waals surface area contributed by atoms with Gasteiger partial charge >= 0.3 is 0 Å². The van der Waals surface area contributed by atoms with Gasteiger partial charge in [0, 0.05) is 5.92 Å². The van der Waals surface area contributed by atoms with E-state index in [1.54, 1.807) is 6.92 Å². The maximum Gasteiger partial charge on any atom is 0.237 e. The van der Waals surface area contributed by atoms with E-state index < -0.39 is 0 Å². The van der Waals surface area contributed by atoms with Crippen molar-refractivity contribution in [3.8, 4) is 0 Å². The maximum atomic E-state index is 11.6. The molecule has 1 atom stereocenters. The number of aromatic nitrogens is 2. The Bertz CT molecular complexity index is 406. The summed E-state index contributed by atoms with van der Waals surface area (Å²) in [6.45, 7) is 5.61. The Hall–Kier alpha value is -1.19. The van der Waals surface area contributed by atoms with Gasteiger partial charge in [-0.05, 0) is 25.7 Å². The molecule has 4 heteroatoms. The van der Waals surface area contributed by atoms with E-state index in [0.717, 1.165) is 18.7 Å². The molecule has 0 radical (unpaired) electrons. The molecule has 18 heavy (non-hydrogen) atoms. The molecule has 1 aliphatic carbocycles. The Morgan fingerprint density at radius 3 is 2.50 bits per heavy atom. The molecule has 1 fully saturated rings. The van der Waals surface area contributed by atoms with Crippen LogP contribution in [0.25, 0.3) is 0 Å². The van der Waals surface area contributed by atoms with Crippen LogP contribution in [0.4, 0.5) is 0 Å². The van der Waals surface area contributed by atoms with Gasteiger partial charge in [0.2, 0.25) is 5.89 Å². The normalized spacial score (nSPS) is 19.1. The average Bonchev–Trinajstić information content (AvgIpc) is 2.78. The molecule has 0 spiro atoms. The molecule has 0 aliphatic heterocycles. The summed E-state index contributed by atoms with van der Waals surface area (Å²) in [6.07, 6.45) is 6.09. The van der Waals surface area contributed by atoms with Gasteiger partial charge in [0.1, 0.15) is 5.78 Å². The van der Waals surface area contributed by atoms with Crippen LogP contribution in [0.2, 0.25) is 0 Å². The summed E-state index contributed by atoms with van der Waals surface area (Å²) in [5.74, 6) is 1.77. The Balaban J connectivity index is 2.15. The smallest absolute Gasteiger partial charge is 0.237 e. The first-order chi connectivity index (χ1) is 8.59. The highest BCUT2D eigenvalue weighted by Gasteiger charge is 2.28. The fourth-order valence-corrected chi connectivity index (χ4v) is 2.83. The SMILES string of the molecule is CC(=O)C(c1nc(C2CCCCC2)no1)C(C)C. The Morgan fingerprint density at radius 2 is 1.94 bits per heavy atom. The van der Waals surface area contributed by atoms with E-state index in [2.05, 4.69) is 10.1 Å². The number of Topliss-reactive ketones (excluding diaryl/α,β-unsaturated/α-hetero) is 1. The highest BCUT2D eigenvalue weighted by molar-refractivity contribution is 5.82. The van der Waals surface area contributed by atoms with Crippen LogP contribution >= 0.6 is 0 Å². The highest BCUT2D eigenvalue weighted by atomic mass is 16.5. The van der Waals surface area contributed by atoms with Crippen LogP contribution < -0.4 is 0 Å². The number of carbonyl (C=O) groups is 1. The van der Waals surface area contributed by atoms with Gasteiger partial charge < -0.3 is 4.52 Å². The predicted molar refractivity (Wildman–Crippen MR) is 68.4 cm³/mol. The highest BCUT2D eigenvalue weighted by Crippen LogP contribution is 2.32. The molecule has 4 nitrogen and oxygen atoms in total. The van der Waals surface area contributed by atoms with Crippen molar-refractivity contribution in [3.63, 3.8) is 0 Å². The zero-order valence-electron chi connectivity index (χ0n) is 11.5. The van der Waals surface area contributed by atoms with E-state index in [4.69, 9.17) is 4.52 Å². The van der Waals surface area contributed by atoms with Crippen molar-refractivity contribution in [1.29, 1.82) is 0 Å². The molecule has 1 aliphatic rings. The number of carbonyl (C=O) groups excluding carboxylic acids is 1. The average molecular weight is 250 g/mol. The number of nitrogens with zero attached hydrogens (tertiary/aromatic N) is 2. The van der Waals surface area contributed by atoms with Crippen molar-refractivity contribution < 1.29 is 9.32 Å². The van der Waals surface area contributed by atoms with Gasteiger partial charge in [-0.1, -0.05) is 38.3 Å². The van der Waals surface area contributed by atoms with Crippen LogP contribution in [0.5, 0.6) is 0 Å². The summed E-state index contributed by atoms with van der Waals surface area (Å²) in [7, 11) is 0. The maximum absolute atomic E-state index is 11.6. The van der Waals surface area contributed by atoms with Crippen LogP contribution in [-0.2, 0) is 4.79 Å². The molecule has 1 unspecified atom stereocenters. The van der Waals surface area contributed by atoms with E-state index in [1.165, 1.54) is 19.3 Å². The molecular formula is C14H22N2O2. The molecular weight excluding hydrogens is 228 g/mol. The van der Waals surface area contributed by atoms with Gasteiger partial charge in [-0.3, -0.25) is 4.79 Å². The Kier molecular flexibility index (Phi) is 4.15. The lowest BCUT2D eigenvalue weighted by Gasteiger charge is -2.17. The van der Waals surface area contributed by atoms with Crippen LogP contribution in [0, 0.1) is 5.92 Å². The van der Waals surface area contributed by atoms with Gasteiger partial charge in [-0.25, -0.2) is 0 Å². The summed E-state index contributed by atoms with van der Waals surface area (Å²) in [5.41, 5.74) is 0. The monoisotopic (exact) mass is 250 g/mol. The van der Waals surface area contributed by atoms with Crippen LogP contribution in [0.15, 0.2) is 4.52 Å². The molecule has 2 rings (SSSR count). The number of hydrogen-bond acceptors (Lipinski definition) is 4. The quantitative estimate of drug-likeness (QED) is 0.821. The van der Waals surface area contributed by atoms with Crippen LogP contribution in [-0.4, -0.2) is 15.9 Å². The third kappa shape index (κ3) is 2.79. The van der Waals surface area contributed by atoms with Crippen molar-refractivity contribution >= 4 is 5.78 Å². The second-order valence-electron chi connectivity index (χ2n) is 5.66. The second kappa shape index (κ2) is 5.63. The van der Waals surface area contributed by atoms with E-state index in [1.807, 2.05) is 13.8 Å². The summed E-state index contributed by atoms with van der Waals surface area (Å²) in [6, 6.07) is 0. The lowest BCUT2D eigenvalue weighted by molar-refractivity contribution is -0.119. The molecule has 0 saturated heterocycles. The van der Waals surface area contributed by atoms with Gasteiger partial charge in [0.25, 0.3) is 0 Å². The Morgan fingerprint density at radius 1 is 1.28 bits per heavy atom. The van der Waals surface area contributed by atoms with Crippen molar-refractivity contribution in [2.24, 2.45) is 5.92 Å². The molecule has 0 bridgehead atoms. The van der Waals surface area contributed by atoms with Gasteiger partial charge in [-0.2, -0.15) is 4.98 Å². The Labute approximate surface area is 108 Å². The van der Waals surface area contributed by atoms with Crippen LogP contribution in [0.3, 0.4) is 0 Å².